The number of sulfonamides is 1. The lowest BCUT2D eigenvalue weighted by Crippen LogP contribution is -2.32. The lowest BCUT2D eigenvalue weighted by molar-refractivity contribution is 0.0692. The van der Waals surface area contributed by atoms with Crippen LogP contribution in [0.1, 0.15) is 30.6 Å². The number of aromatic amines is 1. The van der Waals surface area contributed by atoms with E-state index < -0.39 is 16.0 Å². The Morgan fingerprint density at radius 3 is 2.72 bits per heavy atom. The number of nitrogens with one attached hydrogen (secondary N) is 1. The third-order valence-electron chi connectivity index (χ3n) is 2.77. The van der Waals surface area contributed by atoms with Gasteiger partial charge in [0.05, 0.1) is 6.20 Å². The van der Waals surface area contributed by atoms with Crippen LogP contribution in [0.4, 0.5) is 0 Å². The standard InChI is InChI=1S/C10H17N3O4S/c1-4-7(2)6-13(3)18(16,17)9-8(10(14)15)5-11-12-9/h5,7H,4,6H2,1-3H3,(H,11,12)(H,14,15). The molecule has 0 spiro atoms. The lowest BCUT2D eigenvalue weighted by Gasteiger charge is -2.19. The van der Waals surface area contributed by atoms with E-state index in [0.29, 0.717) is 6.54 Å². The first kappa shape index (κ1) is 14.7. The van der Waals surface area contributed by atoms with E-state index in [1.165, 1.54) is 7.05 Å². The molecule has 1 atom stereocenters. The molecular formula is C10H17N3O4S. The van der Waals surface area contributed by atoms with Crippen molar-refractivity contribution in [2.75, 3.05) is 13.6 Å². The molecule has 8 heteroatoms. The van der Waals surface area contributed by atoms with Gasteiger partial charge in [-0.3, -0.25) is 5.10 Å². The van der Waals surface area contributed by atoms with Gasteiger partial charge in [0.1, 0.15) is 5.56 Å². The molecule has 0 aromatic carbocycles. The van der Waals surface area contributed by atoms with Crippen molar-refractivity contribution in [1.29, 1.82) is 0 Å². The molecule has 0 saturated carbocycles. The second-order valence-electron chi connectivity index (χ2n) is 4.22. The maximum Gasteiger partial charge on any atom is 0.340 e. The normalized spacial score (nSPS) is 13.8. The maximum atomic E-state index is 12.2. The summed E-state index contributed by atoms with van der Waals surface area (Å²) in [6.07, 6.45) is 1.83. The molecule has 1 aromatic heterocycles. The molecule has 1 aromatic rings. The molecule has 0 aliphatic carbocycles. The summed E-state index contributed by atoms with van der Waals surface area (Å²) in [5.74, 6) is -1.12. The number of aromatic carboxylic acids is 1. The Hall–Kier alpha value is -1.41. The fourth-order valence-electron chi connectivity index (χ4n) is 1.45. The monoisotopic (exact) mass is 275 g/mol. The van der Waals surface area contributed by atoms with E-state index in [9.17, 15) is 13.2 Å². The Labute approximate surface area is 106 Å². The number of carboxylic acid groups (broad SMARTS) is 1. The fraction of sp³-hybridized carbons (Fsp3) is 0.600. The van der Waals surface area contributed by atoms with Crippen molar-refractivity contribution in [3.05, 3.63) is 11.8 Å². The largest absolute Gasteiger partial charge is 0.478 e. The fourth-order valence-corrected chi connectivity index (χ4v) is 2.79. The van der Waals surface area contributed by atoms with Crippen molar-refractivity contribution < 1.29 is 18.3 Å². The van der Waals surface area contributed by atoms with E-state index >= 15 is 0 Å². The van der Waals surface area contributed by atoms with Crippen molar-refractivity contribution >= 4 is 16.0 Å². The minimum Gasteiger partial charge on any atom is -0.478 e. The summed E-state index contributed by atoms with van der Waals surface area (Å²) in [6, 6.07) is 0. The molecule has 1 rings (SSSR count). The first-order valence-corrected chi connectivity index (χ1v) is 6.97. The van der Waals surface area contributed by atoms with Crippen LogP contribution in [0, 0.1) is 5.92 Å². The average molecular weight is 275 g/mol. The highest BCUT2D eigenvalue weighted by atomic mass is 32.2. The summed E-state index contributed by atoms with van der Waals surface area (Å²) >= 11 is 0. The molecule has 1 heterocycles. The van der Waals surface area contributed by atoms with Crippen LogP contribution in [0.2, 0.25) is 0 Å². The zero-order valence-electron chi connectivity index (χ0n) is 10.5. The number of carboxylic acids is 1. The van der Waals surface area contributed by atoms with Crippen LogP contribution in [-0.4, -0.2) is 47.6 Å². The molecule has 7 nitrogen and oxygen atoms in total. The first-order valence-electron chi connectivity index (χ1n) is 5.53. The van der Waals surface area contributed by atoms with Crippen LogP contribution in [0.3, 0.4) is 0 Å². The molecule has 102 valence electrons. The Kier molecular flexibility index (Phi) is 4.47. The highest BCUT2D eigenvalue weighted by Crippen LogP contribution is 2.18. The summed E-state index contributed by atoms with van der Waals surface area (Å²) < 4.78 is 25.5. The summed E-state index contributed by atoms with van der Waals surface area (Å²) in [6.45, 7) is 4.22. The van der Waals surface area contributed by atoms with Gasteiger partial charge in [-0.15, -0.1) is 0 Å². The summed E-state index contributed by atoms with van der Waals surface area (Å²) in [5, 5.41) is 14.2. The quantitative estimate of drug-likeness (QED) is 0.798. The van der Waals surface area contributed by atoms with Gasteiger partial charge in [-0.1, -0.05) is 20.3 Å². The van der Waals surface area contributed by atoms with Crippen LogP contribution < -0.4 is 0 Å². The second-order valence-corrected chi connectivity index (χ2v) is 6.20. The molecule has 0 amide bonds. The summed E-state index contributed by atoms with van der Waals surface area (Å²) in [5.41, 5.74) is -0.342. The summed E-state index contributed by atoms with van der Waals surface area (Å²) in [7, 11) is -2.42. The van der Waals surface area contributed by atoms with Gasteiger partial charge in [-0.05, 0) is 5.92 Å². The van der Waals surface area contributed by atoms with Gasteiger partial charge in [-0.2, -0.15) is 9.40 Å². The van der Waals surface area contributed by atoms with Crippen LogP contribution in [0.15, 0.2) is 11.2 Å². The molecular weight excluding hydrogens is 258 g/mol. The first-order chi connectivity index (χ1) is 8.30. The minimum absolute atomic E-state index is 0.195. The Morgan fingerprint density at radius 1 is 1.61 bits per heavy atom. The predicted molar refractivity (Wildman–Crippen MR) is 64.8 cm³/mol. The van der Waals surface area contributed by atoms with Gasteiger partial charge in [0.25, 0.3) is 10.0 Å². The number of carbonyl (C=O) groups is 1. The van der Waals surface area contributed by atoms with Gasteiger partial charge < -0.3 is 5.11 Å². The second kappa shape index (κ2) is 5.49. The predicted octanol–water partition coefficient (Wildman–Crippen LogP) is 0.774. The van der Waals surface area contributed by atoms with E-state index in [1.807, 2.05) is 13.8 Å². The minimum atomic E-state index is -3.84. The molecule has 1 unspecified atom stereocenters. The SMILES string of the molecule is CCC(C)CN(C)S(=O)(=O)c1[nH]ncc1C(=O)O. The van der Waals surface area contributed by atoms with Crippen molar-refractivity contribution in [2.24, 2.45) is 5.92 Å². The molecule has 0 aliphatic rings. The Balaban J connectivity index is 3.06. The molecule has 0 aliphatic heterocycles. The Bertz CT molecular complexity index is 523. The van der Waals surface area contributed by atoms with Crippen molar-refractivity contribution in [1.82, 2.24) is 14.5 Å². The zero-order valence-corrected chi connectivity index (χ0v) is 11.4. The van der Waals surface area contributed by atoms with Crippen LogP contribution in [-0.2, 0) is 10.0 Å². The van der Waals surface area contributed by atoms with Gasteiger partial charge >= 0.3 is 5.97 Å². The Morgan fingerprint density at radius 2 is 2.22 bits per heavy atom. The van der Waals surface area contributed by atoms with Gasteiger partial charge in [0.2, 0.25) is 0 Å². The van der Waals surface area contributed by atoms with Crippen molar-refractivity contribution in [3.8, 4) is 0 Å². The van der Waals surface area contributed by atoms with Crippen molar-refractivity contribution in [3.63, 3.8) is 0 Å². The molecule has 0 fully saturated rings. The summed E-state index contributed by atoms with van der Waals surface area (Å²) in [4.78, 5) is 10.9. The van der Waals surface area contributed by atoms with E-state index in [4.69, 9.17) is 5.11 Å². The smallest absolute Gasteiger partial charge is 0.340 e. The molecule has 2 N–H and O–H groups in total. The number of hydrogen-bond acceptors (Lipinski definition) is 4. The average Bonchev–Trinajstić information content (AvgIpc) is 2.78. The lowest BCUT2D eigenvalue weighted by atomic mass is 10.1. The van der Waals surface area contributed by atoms with E-state index in [1.54, 1.807) is 0 Å². The number of H-pyrrole nitrogens is 1. The number of nitrogens with zero attached hydrogens (tertiary/aromatic N) is 2. The molecule has 18 heavy (non-hydrogen) atoms. The van der Waals surface area contributed by atoms with Gasteiger partial charge in [-0.25, -0.2) is 13.2 Å². The number of aromatic nitrogens is 2. The van der Waals surface area contributed by atoms with Crippen LogP contribution >= 0.6 is 0 Å². The topological polar surface area (TPSA) is 103 Å². The van der Waals surface area contributed by atoms with Crippen molar-refractivity contribution in [2.45, 2.75) is 25.3 Å². The van der Waals surface area contributed by atoms with Gasteiger partial charge in [0, 0.05) is 13.6 Å². The van der Waals surface area contributed by atoms with E-state index in [-0.39, 0.29) is 16.5 Å². The zero-order chi connectivity index (χ0) is 13.9. The highest BCUT2D eigenvalue weighted by molar-refractivity contribution is 7.89. The van der Waals surface area contributed by atoms with E-state index in [2.05, 4.69) is 10.2 Å². The van der Waals surface area contributed by atoms with Crippen LogP contribution in [0.5, 0.6) is 0 Å². The van der Waals surface area contributed by atoms with Gasteiger partial charge in [0.15, 0.2) is 5.03 Å². The molecule has 0 radical (unpaired) electrons. The highest BCUT2D eigenvalue weighted by Gasteiger charge is 2.29. The van der Waals surface area contributed by atoms with Crippen LogP contribution in [0.25, 0.3) is 0 Å². The third kappa shape index (κ3) is 2.88. The molecule has 0 saturated heterocycles. The number of hydrogen-bond donors (Lipinski definition) is 2. The van der Waals surface area contributed by atoms with E-state index in [0.717, 1.165) is 16.9 Å². The third-order valence-corrected chi connectivity index (χ3v) is 4.57. The maximum absolute atomic E-state index is 12.2. The molecule has 0 bridgehead atoms. The number of rotatable bonds is 6.